The predicted molar refractivity (Wildman–Crippen MR) is 70.8 cm³/mol. The third-order valence-electron chi connectivity index (χ3n) is 2.55. The first-order chi connectivity index (χ1) is 8.49. The molecule has 0 fully saturated rings. The average molecular weight is 268 g/mol. The molecule has 0 radical (unpaired) electrons. The molecule has 1 heterocycles. The summed E-state index contributed by atoms with van der Waals surface area (Å²) in [5, 5.41) is 3.88. The summed E-state index contributed by atoms with van der Waals surface area (Å²) in [7, 11) is 0. The van der Waals surface area contributed by atoms with Crippen molar-refractivity contribution in [3.63, 3.8) is 0 Å². The summed E-state index contributed by atoms with van der Waals surface area (Å²) in [6.07, 6.45) is 2.77. The minimum atomic E-state index is -2.80. The highest BCUT2D eigenvalue weighted by molar-refractivity contribution is 7.15. The van der Waals surface area contributed by atoms with E-state index in [1.54, 1.807) is 23.5 Å². The van der Waals surface area contributed by atoms with E-state index in [4.69, 9.17) is 0 Å². The van der Waals surface area contributed by atoms with E-state index >= 15 is 0 Å². The Morgan fingerprint density at radius 1 is 1.28 bits per heavy atom. The van der Waals surface area contributed by atoms with Crippen LogP contribution in [0, 0.1) is 0 Å². The van der Waals surface area contributed by atoms with Gasteiger partial charge in [0.2, 0.25) is 0 Å². The molecule has 1 aromatic heterocycles. The Morgan fingerprint density at radius 3 is 2.44 bits per heavy atom. The van der Waals surface area contributed by atoms with Crippen LogP contribution < -0.4 is 5.32 Å². The molecule has 2 nitrogen and oxygen atoms in total. The zero-order valence-corrected chi connectivity index (χ0v) is 11.0. The Kier molecular flexibility index (Phi) is 3.61. The van der Waals surface area contributed by atoms with E-state index in [1.165, 1.54) is 17.0 Å². The number of nitrogens with zero attached hydrogens (tertiary/aromatic N) is 1. The van der Waals surface area contributed by atoms with Crippen LogP contribution in [0.3, 0.4) is 0 Å². The molecule has 0 aliphatic carbocycles. The number of aromatic nitrogens is 1. The quantitative estimate of drug-likeness (QED) is 0.879. The zero-order valence-electron chi connectivity index (χ0n) is 10.2. The molecule has 1 aromatic carbocycles. The minimum absolute atomic E-state index is 0.0152. The van der Waals surface area contributed by atoms with E-state index in [9.17, 15) is 8.78 Å². The summed E-state index contributed by atoms with van der Waals surface area (Å²) >= 11 is 1.57. The smallest absolute Gasteiger partial charge is 0.270 e. The van der Waals surface area contributed by atoms with Crippen LogP contribution in [0.4, 0.5) is 19.6 Å². The second-order valence-corrected chi connectivity index (χ2v) is 5.19. The van der Waals surface area contributed by atoms with Gasteiger partial charge in [0.1, 0.15) is 0 Å². The van der Waals surface area contributed by atoms with E-state index in [1.807, 2.05) is 6.20 Å². The molecule has 0 aliphatic heterocycles. The highest BCUT2D eigenvalue weighted by Gasteiger charge is 2.23. The highest BCUT2D eigenvalue weighted by Crippen LogP contribution is 2.29. The number of nitrogens with one attached hydrogen (secondary N) is 1. The summed E-state index contributed by atoms with van der Waals surface area (Å²) in [6, 6.07) is 6.13. The van der Waals surface area contributed by atoms with Crippen molar-refractivity contribution < 1.29 is 8.78 Å². The number of hydrogen-bond donors (Lipinski definition) is 1. The van der Waals surface area contributed by atoms with E-state index in [2.05, 4.69) is 17.2 Å². The standard InChI is InChI=1S/C13H14F2N2S/c1-3-11-8-16-12(18-11)17-10-6-4-9(5-7-10)13(2,14)15/h4-8H,3H2,1-2H3,(H,16,17). The van der Waals surface area contributed by atoms with Gasteiger partial charge >= 0.3 is 0 Å². The van der Waals surface area contributed by atoms with Crippen molar-refractivity contribution in [2.75, 3.05) is 5.32 Å². The summed E-state index contributed by atoms with van der Waals surface area (Å²) in [5.74, 6) is -2.80. The molecule has 2 aromatic rings. The number of benzene rings is 1. The van der Waals surface area contributed by atoms with Gasteiger partial charge < -0.3 is 5.32 Å². The molecule has 0 amide bonds. The van der Waals surface area contributed by atoms with E-state index in [0.717, 1.165) is 24.2 Å². The van der Waals surface area contributed by atoms with Crippen molar-refractivity contribution in [3.05, 3.63) is 40.9 Å². The van der Waals surface area contributed by atoms with Crippen LogP contribution >= 0.6 is 11.3 Å². The fraction of sp³-hybridized carbons (Fsp3) is 0.308. The van der Waals surface area contributed by atoms with Gasteiger partial charge in [-0.3, -0.25) is 0 Å². The first-order valence-corrected chi connectivity index (χ1v) is 6.51. The maximum Gasteiger partial charge on any atom is 0.270 e. The Hall–Kier alpha value is -1.49. The molecule has 96 valence electrons. The lowest BCUT2D eigenvalue weighted by Crippen LogP contribution is -2.06. The SMILES string of the molecule is CCc1cnc(Nc2ccc(C(C)(F)F)cc2)s1. The van der Waals surface area contributed by atoms with Crippen LogP contribution in [0.5, 0.6) is 0 Å². The van der Waals surface area contributed by atoms with Crippen LogP contribution in [0.2, 0.25) is 0 Å². The maximum absolute atomic E-state index is 13.0. The van der Waals surface area contributed by atoms with Crippen LogP contribution in [0.1, 0.15) is 24.3 Å². The van der Waals surface area contributed by atoms with Gasteiger partial charge in [-0.15, -0.1) is 11.3 Å². The molecule has 0 spiro atoms. The van der Waals surface area contributed by atoms with Crippen LogP contribution in [0.25, 0.3) is 0 Å². The van der Waals surface area contributed by atoms with Crippen LogP contribution in [-0.2, 0) is 12.3 Å². The number of aryl methyl sites for hydroxylation is 1. The fourth-order valence-corrected chi connectivity index (χ4v) is 2.27. The Balaban J connectivity index is 2.11. The van der Waals surface area contributed by atoms with Gasteiger partial charge in [0, 0.05) is 29.2 Å². The predicted octanol–water partition coefficient (Wildman–Crippen LogP) is 4.56. The van der Waals surface area contributed by atoms with Gasteiger partial charge in [0.25, 0.3) is 5.92 Å². The number of hydrogen-bond acceptors (Lipinski definition) is 3. The number of rotatable bonds is 4. The van der Waals surface area contributed by atoms with Gasteiger partial charge in [-0.25, -0.2) is 13.8 Å². The summed E-state index contributed by atoms with van der Waals surface area (Å²) in [5.41, 5.74) is 0.779. The molecule has 0 aliphatic rings. The third kappa shape index (κ3) is 3.04. The first kappa shape index (κ1) is 13.0. The molecule has 18 heavy (non-hydrogen) atoms. The van der Waals surface area contributed by atoms with Crippen molar-refractivity contribution >= 4 is 22.2 Å². The molecule has 0 unspecified atom stereocenters. The number of halogens is 2. The second-order valence-electron chi connectivity index (χ2n) is 4.08. The Bertz CT molecular complexity index is 515. The van der Waals surface area contributed by atoms with Gasteiger partial charge in [-0.1, -0.05) is 19.1 Å². The van der Waals surface area contributed by atoms with Crippen molar-refractivity contribution in [1.82, 2.24) is 4.98 Å². The van der Waals surface area contributed by atoms with Crippen molar-refractivity contribution in [2.24, 2.45) is 0 Å². The summed E-state index contributed by atoms with van der Waals surface area (Å²) in [4.78, 5) is 5.40. The Morgan fingerprint density at radius 2 is 1.94 bits per heavy atom. The minimum Gasteiger partial charge on any atom is -0.332 e. The largest absolute Gasteiger partial charge is 0.332 e. The molecule has 2 rings (SSSR count). The van der Waals surface area contributed by atoms with Crippen LogP contribution in [-0.4, -0.2) is 4.98 Å². The molecular formula is C13H14F2N2S. The number of thiazole rings is 1. The van der Waals surface area contributed by atoms with E-state index in [0.29, 0.717) is 0 Å². The number of anilines is 2. The lowest BCUT2D eigenvalue weighted by atomic mass is 10.1. The zero-order chi connectivity index (χ0) is 13.2. The van der Waals surface area contributed by atoms with E-state index < -0.39 is 5.92 Å². The normalized spacial score (nSPS) is 11.6. The fourth-order valence-electron chi connectivity index (χ4n) is 1.50. The molecular weight excluding hydrogens is 254 g/mol. The first-order valence-electron chi connectivity index (χ1n) is 5.69. The lowest BCUT2D eigenvalue weighted by Gasteiger charge is -2.11. The lowest BCUT2D eigenvalue weighted by molar-refractivity contribution is 0.0175. The van der Waals surface area contributed by atoms with Gasteiger partial charge in [0.15, 0.2) is 5.13 Å². The third-order valence-corrected chi connectivity index (χ3v) is 3.60. The Labute approximate surface area is 109 Å². The maximum atomic E-state index is 13.0. The topological polar surface area (TPSA) is 24.9 Å². The highest BCUT2D eigenvalue weighted by atomic mass is 32.1. The van der Waals surface area contributed by atoms with Gasteiger partial charge in [-0.05, 0) is 18.6 Å². The summed E-state index contributed by atoms with van der Waals surface area (Å²) in [6.45, 7) is 2.96. The molecule has 0 bridgehead atoms. The van der Waals surface area contributed by atoms with Gasteiger partial charge in [0.05, 0.1) is 0 Å². The average Bonchev–Trinajstić information content (AvgIpc) is 2.76. The monoisotopic (exact) mass is 268 g/mol. The van der Waals surface area contributed by atoms with Crippen molar-refractivity contribution in [2.45, 2.75) is 26.2 Å². The molecule has 5 heteroatoms. The number of alkyl halides is 2. The van der Waals surface area contributed by atoms with Crippen molar-refractivity contribution in [1.29, 1.82) is 0 Å². The molecule has 0 saturated carbocycles. The summed E-state index contributed by atoms with van der Waals surface area (Å²) < 4.78 is 26.1. The molecule has 0 saturated heterocycles. The molecule has 0 atom stereocenters. The van der Waals surface area contributed by atoms with Crippen LogP contribution in [0.15, 0.2) is 30.5 Å². The molecule has 1 N–H and O–H groups in total. The van der Waals surface area contributed by atoms with Crippen molar-refractivity contribution in [3.8, 4) is 0 Å². The van der Waals surface area contributed by atoms with Gasteiger partial charge in [-0.2, -0.15) is 0 Å². The second kappa shape index (κ2) is 5.02. The van der Waals surface area contributed by atoms with E-state index in [-0.39, 0.29) is 5.56 Å².